The van der Waals surface area contributed by atoms with Gasteiger partial charge in [0.2, 0.25) is 5.91 Å². The van der Waals surface area contributed by atoms with E-state index in [2.05, 4.69) is 10.3 Å². The van der Waals surface area contributed by atoms with Crippen LogP contribution in [0.1, 0.15) is 11.4 Å². The van der Waals surface area contributed by atoms with Crippen LogP contribution in [0.5, 0.6) is 0 Å². The van der Waals surface area contributed by atoms with Crippen molar-refractivity contribution in [2.75, 3.05) is 27.3 Å². The van der Waals surface area contributed by atoms with E-state index in [0.29, 0.717) is 19.8 Å². The van der Waals surface area contributed by atoms with Gasteiger partial charge in [0.05, 0.1) is 31.4 Å². The topological polar surface area (TPSA) is 54.5 Å². The number of amides is 1. The summed E-state index contributed by atoms with van der Waals surface area (Å²) in [5.41, 5.74) is 1.88. The van der Waals surface area contributed by atoms with Gasteiger partial charge in [0.15, 0.2) is 0 Å². The average molecular weight is 263 g/mol. The largest absolute Gasteiger partial charge is 0.379 e. The first kappa shape index (κ1) is 14.0. The number of carbonyl (C=O) groups excluding carboxylic acids is 1. The Morgan fingerprint density at radius 3 is 3.00 bits per heavy atom. The molecule has 1 aromatic rings. The van der Waals surface area contributed by atoms with Gasteiger partial charge >= 0.3 is 0 Å². The van der Waals surface area contributed by atoms with Crippen LogP contribution in [-0.2, 0) is 16.1 Å². The second kappa shape index (κ2) is 6.12. The molecule has 1 aliphatic heterocycles. The Balaban J connectivity index is 1.99. The van der Waals surface area contributed by atoms with Crippen molar-refractivity contribution in [2.45, 2.75) is 19.5 Å². The second-order valence-corrected chi connectivity index (χ2v) is 5.00. The van der Waals surface area contributed by atoms with Gasteiger partial charge in [0.1, 0.15) is 0 Å². The van der Waals surface area contributed by atoms with E-state index >= 15 is 0 Å². The number of nitrogens with zero attached hydrogens (tertiary/aromatic N) is 2. The molecule has 0 aliphatic carbocycles. The Morgan fingerprint density at radius 1 is 1.53 bits per heavy atom. The van der Waals surface area contributed by atoms with Crippen molar-refractivity contribution >= 4 is 5.91 Å². The number of carbonyl (C=O) groups is 1. The van der Waals surface area contributed by atoms with Gasteiger partial charge < -0.3 is 15.0 Å². The smallest absolute Gasteiger partial charge is 0.229 e. The molecular weight excluding hydrogens is 242 g/mol. The molecule has 5 heteroatoms. The number of hydrogen-bond acceptors (Lipinski definition) is 4. The molecular formula is C14H21N3O2. The van der Waals surface area contributed by atoms with Gasteiger partial charge in [-0.2, -0.15) is 0 Å². The highest BCUT2D eigenvalue weighted by Crippen LogP contribution is 2.17. The minimum atomic E-state index is -0.0974. The molecule has 1 aliphatic rings. The fourth-order valence-electron chi connectivity index (χ4n) is 2.37. The molecule has 0 radical (unpaired) electrons. The molecule has 1 N–H and O–H groups in total. The molecule has 104 valence electrons. The first-order valence-corrected chi connectivity index (χ1v) is 6.54. The van der Waals surface area contributed by atoms with Crippen LogP contribution in [0.4, 0.5) is 0 Å². The SMILES string of the molecule is CNC1COCC1C(=O)N(C)Cc1cccc(C)n1. The summed E-state index contributed by atoms with van der Waals surface area (Å²) in [6, 6.07) is 5.97. The number of ether oxygens (including phenoxy) is 1. The Morgan fingerprint density at radius 2 is 2.32 bits per heavy atom. The van der Waals surface area contributed by atoms with Crippen LogP contribution >= 0.6 is 0 Å². The third-order valence-electron chi connectivity index (χ3n) is 3.49. The zero-order chi connectivity index (χ0) is 13.8. The number of pyridine rings is 1. The summed E-state index contributed by atoms with van der Waals surface area (Å²) < 4.78 is 5.38. The van der Waals surface area contributed by atoms with Gasteiger partial charge in [-0.3, -0.25) is 9.78 Å². The molecule has 0 spiro atoms. The summed E-state index contributed by atoms with van der Waals surface area (Å²) in [6.45, 7) is 3.58. The molecule has 0 bridgehead atoms. The van der Waals surface area contributed by atoms with Crippen molar-refractivity contribution in [1.29, 1.82) is 0 Å². The molecule has 1 aromatic heterocycles. The fourth-order valence-corrected chi connectivity index (χ4v) is 2.37. The molecule has 2 rings (SSSR count). The van der Waals surface area contributed by atoms with Gasteiger partial charge in [-0.15, -0.1) is 0 Å². The number of aryl methyl sites for hydroxylation is 1. The highest BCUT2D eigenvalue weighted by atomic mass is 16.5. The molecule has 5 nitrogen and oxygen atoms in total. The Labute approximate surface area is 114 Å². The monoisotopic (exact) mass is 263 g/mol. The lowest BCUT2D eigenvalue weighted by atomic mass is 10.0. The van der Waals surface area contributed by atoms with Gasteiger partial charge in [-0.05, 0) is 26.1 Å². The molecule has 1 fully saturated rings. The second-order valence-electron chi connectivity index (χ2n) is 5.00. The number of nitrogens with one attached hydrogen (secondary N) is 1. The zero-order valence-corrected chi connectivity index (χ0v) is 11.7. The van der Waals surface area contributed by atoms with E-state index in [9.17, 15) is 4.79 Å². The van der Waals surface area contributed by atoms with Crippen LogP contribution in [0.2, 0.25) is 0 Å². The van der Waals surface area contributed by atoms with E-state index in [4.69, 9.17) is 4.74 Å². The Bertz CT molecular complexity index is 450. The van der Waals surface area contributed by atoms with E-state index in [1.165, 1.54) is 0 Å². The van der Waals surface area contributed by atoms with Crippen LogP contribution in [0.3, 0.4) is 0 Å². The van der Waals surface area contributed by atoms with E-state index in [1.54, 1.807) is 4.90 Å². The number of aromatic nitrogens is 1. The van der Waals surface area contributed by atoms with Gasteiger partial charge in [-0.1, -0.05) is 6.07 Å². The summed E-state index contributed by atoms with van der Waals surface area (Å²) in [6.07, 6.45) is 0. The van der Waals surface area contributed by atoms with Crippen molar-refractivity contribution in [1.82, 2.24) is 15.2 Å². The van der Waals surface area contributed by atoms with E-state index < -0.39 is 0 Å². The summed E-state index contributed by atoms with van der Waals surface area (Å²) in [5.74, 6) is 0.0139. The van der Waals surface area contributed by atoms with E-state index in [0.717, 1.165) is 11.4 Å². The highest BCUT2D eigenvalue weighted by molar-refractivity contribution is 5.79. The van der Waals surface area contributed by atoms with Gasteiger partial charge in [0.25, 0.3) is 0 Å². The van der Waals surface area contributed by atoms with Gasteiger partial charge in [0, 0.05) is 18.8 Å². The summed E-state index contributed by atoms with van der Waals surface area (Å²) >= 11 is 0. The predicted molar refractivity (Wildman–Crippen MR) is 72.6 cm³/mol. The van der Waals surface area contributed by atoms with E-state index in [-0.39, 0.29) is 17.9 Å². The van der Waals surface area contributed by atoms with Crippen molar-refractivity contribution < 1.29 is 9.53 Å². The number of rotatable bonds is 4. The third-order valence-corrected chi connectivity index (χ3v) is 3.49. The lowest BCUT2D eigenvalue weighted by Gasteiger charge is -2.23. The van der Waals surface area contributed by atoms with Crippen molar-refractivity contribution in [3.05, 3.63) is 29.6 Å². The first-order chi connectivity index (χ1) is 9.11. The maximum Gasteiger partial charge on any atom is 0.229 e. The summed E-state index contributed by atoms with van der Waals surface area (Å²) in [4.78, 5) is 18.5. The molecule has 0 saturated carbocycles. The molecule has 1 saturated heterocycles. The number of hydrogen-bond donors (Lipinski definition) is 1. The van der Waals surface area contributed by atoms with Crippen molar-refractivity contribution in [3.8, 4) is 0 Å². The molecule has 0 aromatic carbocycles. The lowest BCUT2D eigenvalue weighted by Crippen LogP contribution is -2.43. The average Bonchev–Trinajstić information content (AvgIpc) is 2.86. The molecule has 2 atom stereocenters. The quantitative estimate of drug-likeness (QED) is 0.863. The minimum Gasteiger partial charge on any atom is -0.379 e. The van der Waals surface area contributed by atoms with Gasteiger partial charge in [-0.25, -0.2) is 0 Å². The van der Waals surface area contributed by atoms with Crippen molar-refractivity contribution in [2.24, 2.45) is 5.92 Å². The Hall–Kier alpha value is -1.46. The van der Waals surface area contributed by atoms with Crippen LogP contribution in [0, 0.1) is 12.8 Å². The number of likely N-dealkylation sites (N-methyl/N-ethyl adjacent to an activating group) is 1. The van der Waals surface area contributed by atoms with Crippen LogP contribution < -0.4 is 5.32 Å². The Kier molecular flexibility index (Phi) is 4.50. The maximum absolute atomic E-state index is 12.4. The standard InChI is InChI=1S/C14H21N3O2/c1-10-5-4-6-11(16-10)7-17(3)14(18)12-8-19-9-13(12)15-2/h4-6,12-13,15H,7-9H2,1-3H3. The normalized spacial score (nSPS) is 22.5. The van der Waals surface area contributed by atoms with Crippen molar-refractivity contribution in [3.63, 3.8) is 0 Å². The van der Waals surface area contributed by atoms with Crippen LogP contribution in [-0.4, -0.2) is 49.1 Å². The highest BCUT2D eigenvalue weighted by Gasteiger charge is 2.34. The zero-order valence-electron chi connectivity index (χ0n) is 11.7. The first-order valence-electron chi connectivity index (χ1n) is 6.54. The molecule has 2 unspecified atom stereocenters. The molecule has 1 amide bonds. The minimum absolute atomic E-state index is 0.0974. The lowest BCUT2D eigenvalue weighted by molar-refractivity contribution is -0.135. The summed E-state index contributed by atoms with van der Waals surface area (Å²) in [5, 5.41) is 3.13. The maximum atomic E-state index is 12.4. The van der Waals surface area contributed by atoms with Crippen LogP contribution in [0.25, 0.3) is 0 Å². The third kappa shape index (κ3) is 3.30. The van der Waals surface area contributed by atoms with E-state index in [1.807, 2.05) is 39.2 Å². The fraction of sp³-hybridized carbons (Fsp3) is 0.571. The molecule has 2 heterocycles. The summed E-state index contributed by atoms with van der Waals surface area (Å²) in [7, 11) is 3.68. The predicted octanol–water partition coefficient (Wildman–Crippen LogP) is 0.583. The van der Waals surface area contributed by atoms with Crippen LogP contribution in [0.15, 0.2) is 18.2 Å². The molecule has 19 heavy (non-hydrogen) atoms.